The summed E-state index contributed by atoms with van der Waals surface area (Å²) in [4.78, 5) is 12.2. The van der Waals surface area contributed by atoms with Gasteiger partial charge in [-0.05, 0) is 68.4 Å². The zero-order chi connectivity index (χ0) is 27.9. The summed E-state index contributed by atoms with van der Waals surface area (Å²) in [7, 11) is -9.24. The summed E-state index contributed by atoms with van der Waals surface area (Å²) in [6.07, 6.45) is 0. The lowest BCUT2D eigenvalue weighted by Crippen LogP contribution is -2.37. The molecule has 0 aliphatic rings. The number of para-hydroxylation sites is 1. The number of aryl methyl sites for hydroxylation is 2. The maximum absolute atomic E-state index is 13.9. The molecule has 8 nitrogen and oxygen atoms in total. The van der Waals surface area contributed by atoms with Crippen molar-refractivity contribution in [2.24, 2.45) is 0 Å². The molecule has 4 aromatic carbocycles. The molecule has 39 heavy (non-hydrogen) atoms. The summed E-state index contributed by atoms with van der Waals surface area (Å²) >= 11 is 0. The number of benzene rings is 4. The van der Waals surface area contributed by atoms with Gasteiger partial charge in [0.25, 0.3) is 20.0 Å². The molecule has 10 heteroatoms. The fourth-order valence-corrected chi connectivity index (χ4v) is 7.81. The second kappa shape index (κ2) is 9.72. The van der Waals surface area contributed by atoms with Crippen molar-refractivity contribution in [2.75, 3.05) is 3.71 Å². The number of nitrogens with zero attached hydrogens (tertiary/aromatic N) is 1. The van der Waals surface area contributed by atoms with E-state index in [4.69, 9.17) is 4.42 Å². The molecule has 0 bridgehead atoms. The Labute approximate surface area is 225 Å². The summed E-state index contributed by atoms with van der Waals surface area (Å²) in [5, 5.41) is 10.5. The lowest BCUT2D eigenvalue weighted by molar-refractivity contribution is 0.476. The second-order valence-electron chi connectivity index (χ2n) is 9.02. The Balaban J connectivity index is 1.76. The summed E-state index contributed by atoms with van der Waals surface area (Å²) < 4.78 is 61.4. The van der Waals surface area contributed by atoms with Crippen molar-refractivity contribution < 1.29 is 26.4 Å². The highest BCUT2D eigenvalue weighted by Gasteiger charge is 2.37. The Hall–Kier alpha value is -4.41. The quantitative estimate of drug-likeness (QED) is 0.277. The van der Waals surface area contributed by atoms with E-state index in [1.54, 1.807) is 50.2 Å². The number of phenols is 1. The Kier molecular flexibility index (Phi) is 6.53. The van der Waals surface area contributed by atoms with E-state index in [2.05, 4.69) is 0 Å². The van der Waals surface area contributed by atoms with Crippen molar-refractivity contribution in [1.82, 2.24) is 0 Å². The summed E-state index contributed by atoms with van der Waals surface area (Å²) in [5.74, 6) is -0.147. The zero-order valence-corrected chi connectivity index (χ0v) is 22.5. The number of phenolic OH excluding ortho intramolecular Hbond substituents is 1. The Morgan fingerprint density at radius 3 is 1.74 bits per heavy atom. The molecule has 1 heterocycles. The lowest BCUT2D eigenvalue weighted by atomic mass is 10.0. The van der Waals surface area contributed by atoms with E-state index in [0.29, 0.717) is 3.71 Å². The molecule has 0 amide bonds. The third-order valence-corrected chi connectivity index (χ3v) is 10.4. The first-order valence-electron chi connectivity index (χ1n) is 11.8. The van der Waals surface area contributed by atoms with Crippen LogP contribution in [0.1, 0.15) is 11.1 Å². The van der Waals surface area contributed by atoms with Gasteiger partial charge < -0.3 is 9.52 Å². The van der Waals surface area contributed by atoms with E-state index >= 15 is 0 Å². The summed E-state index contributed by atoms with van der Waals surface area (Å²) in [5.41, 5.74) is 1.08. The molecule has 0 radical (unpaired) electrons. The van der Waals surface area contributed by atoms with Crippen LogP contribution in [-0.4, -0.2) is 21.9 Å². The highest BCUT2D eigenvalue weighted by Crippen LogP contribution is 2.34. The predicted molar refractivity (Wildman–Crippen MR) is 149 cm³/mol. The third kappa shape index (κ3) is 4.80. The van der Waals surface area contributed by atoms with Crippen LogP contribution in [0.2, 0.25) is 0 Å². The monoisotopic (exact) mass is 561 g/mol. The average molecular weight is 562 g/mol. The summed E-state index contributed by atoms with van der Waals surface area (Å²) in [6.45, 7) is 3.58. The molecule has 0 aliphatic heterocycles. The number of sulfonamides is 2. The molecule has 0 fully saturated rings. The molecule has 0 aliphatic carbocycles. The van der Waals surface area contributed by atoms with E-state index in [0.717, 1.165) is 11.1 Å². The third-order valence-electron chi connectivity index (χ3n) is 6.20. The number of anilines is 1. The van der Waals surface area contributed by atoms with Gasteiger partial charge in [0.1, 0.15) is 11.3 Å². The van der Waals surface area contributed by atoms with Crippen molar-refractivity contribution >= 4 is 36.7 Å². The molecule has 0 saturated carbocycles. The number of fused-ring (bicyclic) bond motifs is 1. The van der Waals surface area contributed by atoms with Gasteiger partial charge in [-0.1, -0.05) is 53.6 Å². The molecule has 0 saturated heterocycles. The van der Waals surface area contributed by atoms with Gasteiger partial charge in [0.2, 0.25) is 0 Å². The lowest BCUT2D eigenvalue weighted by Gasteiger charge is -2.24. The van der Waals surface area contributed by atoms with Crippen LogP contribution in [0.4, 0.5) is 5.69 Å². The van der Waals surface area contributed by atoms with Gasteiger partial charge in [-0.25, -0.2) is 21.6 Å². The van der Waals surface area contributed by atoms with Crippen LogP contribution >= 0.6 is 0 Å². The molecule has 1 N–H and O–H groups in total. The second-order valence-corrected chi connectivity index (χ2v) is 12.8. The van der Waals surface area contributed by atoms with E-state index in [-0.39, 0.29) is 43.3 Å². The molecule has 5 aromatic rings. The fourth-order valence-electron chi connectivity index (χ4n) is 4.13. The minimum atomic E-state index is -4.62. The predicted octanol–water partition coefficient (Wildman–Crippen LogP) is 5.37. The fraction of sp³-hybridized carbons (Fsp3) is 0.0690. The number of hydrogen-bond donors (Lipinski definition) is 1. The van der Waals surface area contributed by atoms with Gasteiger partial charge in [-0.15, -0.1) is 0 Å². The highest BCUT2D eigenvalue weighted by molar-refractivity contribution is 8.10. The van der Waals surface area contributed by atoms with Gasteiger partial charge in [0.15, 0.2) is 0 Å². The molecule has 5 rings (SSSR count). The molecule has 0 unspecified atom stereocenters. The number of hydrogen-bond acceptors (Lipinski definition) is 7. The Bertz CT molecular complexity index is 1900. The molecule has 1 aromatic heterocycles. The van der Waals surface area contributed by atoms with Gasteiger partial charge in [0.05, 0.1) is 21.0 Å². The zero-order valence-electron chi connectivity index (χ0n) is 20.9. The van der Waals surface area contributed by atoms with Crippen LogP contribution in [0.15, 0.2) is 116 Å². The van der Waals surface area contributed by atoms with Crippen molar-refractivity contribution in [3.05, 3.63) is 119 Å². The smallest absolute Gasteiger partial charge is 0.344 e. The summed E-state index contributed by atoms with van der Waals surface area (Å²) in [6, 6.07) is 23.2. The first-order chi connectivity index (χ1) is 18.5. The van der Waals surface area contributed by atoms with E-state index in [9.17, 15) is 26.7 Å². The minimum absolute atomic E-state index is 0.0343. The van der Waals surface area contributed by atoms with Crippen LogP contribution in [0, 0.1) is 13.8 Å². The SMILES string of the molecule is Cc1ccc(S(=O)(=O)N(c2ccc3oc(=O)c(-c4ccccc4O)cc3c2)S(=O)(=O)c2ccc(C)cc2)cc1. The van der Waals surface area contributed by atoms with Gasteiger partial charge >= 0.3 is 5.63 Å². The molecular formula is C29H23NO7S2. The Morgan fingerprint density at radius 1 is 0.667 bits per heavy atom. The minimum Gasteiger partial charge on any atom is -0.507 e. The molecule has 0 atom stereocenters. The molecule has 198 valence electrons. The largest absolute Gasteiger partial charge is 0.507 e. The average Bonchev–Trinajstić information content (AvgIpc) is 2.89. The molecule has 0 spiro atoms. The standard InChI is InChI=1S/C29H23NO7S2/c1-19-7-12-23(13-8-19)38(33,34)30(39(35,36)24-14-9-20(2)10-15-24)22-11-16-28-21(17-22)18-26(29(32)37-28)25-5-3-4-6-27(25)31/h3-18,31H,1-2H3. The number of rotatable bonds is 6. The van der Waals surface area contributed by atoms with Crippen molar-refractivity contribution in [1.29, 1.82) is 0 Å². The van der Waals surface area contributed by atoms with Crippen molar-refractivity contribution in [3.63, 3.8) is 0 Å². The van der Waals surface area contributed by atoms with Gasteiger partial charge in [0, 0.05) is 10.9 Å². The number of aromatic hydroxyl groups is 1. The van der Waals surface area contributed by atoms with Crippen LogP contribution in [-0.2, 0) is 20.0 Å². The van der Waals surface area contributed by atoms with E-state index in [1.165, 1.54) is 60.7 Å². The first kappa shape index (κ1) is 26.2. The van der Waals surface area contributed by atoms with Gasteiger partial charge in [-0.3, -0.25) is 0 Å². The van der Waals surface area contributed by atoms with Crippen molar-refractivity contribution in [3.8, 4) is 16.9 Å². The first-order valence-corrected chi connectivity index (χ1v) is 14.7. The maximum Gasteiger partial charge on any atom is 0.344 e. The van der Waals surface area contributed by atoms with Gasteiger partial charge in [-0.2, -0.15) is 3.71 Å². The van der Waals surface area contributed by atoms with Crippen LogP contribution in [0.5, 0.6) is 5.75 Å². The molecular weight excluding hydrogens is 538 g/mol. The van der Waals surface area contributed by atoms with Crippen molar-refractivity contribution in [2.45, 2.75) is 23.6 Å². The van der Waals surface area contributed by atoms with Crippen LogP contribution in [0.25, 0.3) is 22.1 Å². The normalized spacial score (nSPS) is 11.9. The highest BCUT2D eigenvalue weighted by atomic mass is 32.3. The van der Waals surface area contributed by atoms with E-state index < -0.39 is 25.7 Å². The van der Waals surface area contributed by atoms with Crippen LogP contribution in [0.3, 0.4) is 0 Å². The topological polar surface area (TPSA) is 122 Å². The Morgan fingerprint density at radius 2 is 1.21 bits per heavy atom. The van der Waals surface area contributed by atoms with E-state index in [1.807, 2.05) is 0 Å². The van der Waals surface area contributed by atoms with Crippen LogP contribution < -0.4 is 9.34 Å². The maximum atomic E-state index is 13.9.